The van der Waals surface area contributed by atoms with Crippen LogP contribution in [0.2, 0.25) is 0 Å². The third kappa shape index (κ3) is 5.59. The lowest BCUT2D eigenvalue weighted by Crippen LogP contribution is -2.38. The molecule has 6 aliphatic rings. The zero-order valence-corrected chi connectivity index (χ0v) is 26.1. The minimum atomic E-state index is -0.417. The topological polar surface area (TPSA) is 63.7 Å². The number of anilines is 1. The number of allylic oxidation sites excluding steroid dienone is 2. The molecule has 0 radical (unpaired) electrons. The molecule has 2 amide bonds. The molecule has 1 heterocycles. The molecule has 0 aromatic heterocycles. The minimum Gasteiger partial charge on any atom is -0.423 e. The first kappa shape index (κ1) is 29.3. The Labute approximate surface area is 261 Å². The van der Waals surface area contributed by atoms with Gasteiger partial charge in [-0.2, -0.15) is 0 Å². The van der Waals surface area contributed by atoms with Crippen LogP contribution in [0.4, 0.5) is 5.69 Å². The lowest BCUT2D eigenvalue weighted by Gasteiger charge is -2.38. The van der Waals surface area contributed by atoms with Gasteiger partial charge >= 0.3 is 5.97 Å². The lowest BCUT2D eigenvalue weighted by atomic mass is 9.63. The van der Waals surface area contributed by atoms with E-state index in [-0.39, 0.29) is 35.5 Å². The zero-order chi connectivity index (χ0) is 30.4. The summed E-state index contributed by atoms with van der Waals surface area (Å²) in [6.45, 7) is 4.17. The number of rotatable bonds is 6. The molecule has 8 rings (SSSR count). The van der Waals surface area contributed by atoms with Crippen molar-refractivity contribution in [3.63, 3.8) is 0 Å². The molecule has 3 saturated carbocycles. The third-order valence-corrected chi connectivity index (χ3v) is 11.7. The molecule has 2 aromatic carbocycles. The second-order valence-electron chi connectivity index (χ2n) is 14.4. The van der Waals surface area contributed by atoms with Crippen LogP contribution in [0.25, 0.3) is 6.08 Å². The van der Waals surface area contributed by atoms with Crippen molar-refractivity contribution < 1.29 is 19.1 Å². The summed E-state index contributed by atoms with van der Waals surface area (Å²) in [4.78, 5) is 40.7. The summed E-state index contributed by atoms with van der Waals surface area (Å²) >= 11 is 0. The van der Waals surface area contributed by atoms with Crippen molar-refractivity contribution in [1.82, 2.24) is 0 Å². The van der Waals surface area contributed by atoms with Gasteiger partial charge in [-0.25, -0.2) is 4.79 Å². The van der Waals surface area contributed by atoms with Crippen LogP contribution >= 0.6 is 0 Å². The maximum absolute atomic E-state index is 13.2. The van der Waals surface area contributed by atoms with Crippen molar-refractivity contribution in [1.29, 1.82) is 0 Å². The van der Waals surface area contributed by atoms with E-state index in [1.165, 1.54) is 61.8 Å². The lowest BCUT2D eigenvalue weighted by molar-refractivity contribution is -0.130. The molecular weight excluding hydrogens is 546 g/mol. The predicted molar refractivity (Wildman–Crippen MR) is 173 cm³/mol. The first-order valence-corrected chi connectivity index (χ1v) is 17.0. The van der Waals surface area contributed by atoms with Crippen molar-refractivity contribution in [2.24, 2.45) is 41.4 Å². The Kier molecular flexibility index (Phi) is 8.07. The molecule has 5 nitrogen and oxygen atoms in total. The van der Waals surface area contributed by atoms with E-state index in [1.807, 2.05) is 6.08 Å². The van der Waals surface area contributed by atoms with Gasteiger partial charge in [0, 0.05) is 5.57 Å². The molecule has 4 atom stereocenters. The minimum absolute atomic E-state index is 0.101. The Bertz CT molecular complexity index is 1420. The average Bonchev–Trinajstić information content (AvgIpc) is 3.34. The summed E-state index contributed by atoms with van der Waals surface area (Å²) in [5.74, 6) is 3.05. The van der Waals surface area contributed by atoms with Crippen LogP contribution in [0.1, 0.15) is 95.1 Å². The molecule has 5 heteroatoms. The van der Waals surface area contributed by atoms with Crippen LogP contribution in [0.5, 0.6) is 5.75 Å². The van der Waals surface area contributed by atoms with E-state index in [0.29, 0.717) is 22.9 Å². The summed E-state index contributed by atoms with van der Waals surface area (Å²) in [6, 6.07) is 15.4. The molecule has 230 valence electrons. The largest absolute Gasteiger partial charge is 0.423 e. The third-order valence-electron chi connectivity index (χ3n) is 11.7. The number of carbonyl (C=O) groups excluding carboxylic acids is 3. The monoisotopic (exact) mass is 591 g/mol. The zero-order valence-electron chi connectivity index (χ0n) is 26.1. The number of fused-ring (bicyclic) bond motifs is 1. The first-order valence-electron chi connectivity index (χ1n) is 17.0. The van der Waals surface area contributed by atoms with Crippen molar-refractivity contribution in [2.75, 3.05) is 4.90 Å². The summed E-state index contributed by atoms with van der Waals surface area (Å²) in [5, 5.41) is 0. The second kappa shape index (κ2) is 12.1. The number of ether oxygens (including phenoxy) is 1. The highest BCUT2D eigenvalue weighted by Crippen LogP contribution is 2.50. The standard InChI is InChI=1S/C39H45NO4/c1-24-3-7-27(8-4-24)29-11-13-30(14-12-29)28-9-5-26(6-10-28)23-25(2)39(43)44-34-21-19-33(20-22-34)40-37(41)35-31-15-16-32(18-17-31)36(35)38(40)42/h5-6,9-10,15-16,19-24,27,29-32,35-36H,3-4,7-8,11-14,17-18H2,1-2H3/b25-23+. The molecule has 4 fully saturated rings. The highest BCUT2D eigenvalue weighted by Gasteiger charge is 2.56. The van der Waals surface area contributed by atoms with Crippen LogP contribution in [0, 0.1) is 41.4 Å². The van der Waals surface area contributed by atoms with Gasteiger partial charge in [0.25, 0.3) is 0 Å². The van der Waals surface area contributed by atoms with Gasteiger partial charge in [0.2, 0.25) is 11.8 Å². The predicted octanol–water partition coefficient (Wildman–Crippen LogP) is 8.50. The van der Waals surface area contributed by atoms with Crippen LogP contribution in [-0.4, -0.2) is 17.8 Å². The SMILES string of the molecule is C/C(=C\c1ccc(C2CCC(C3CCC(C)CC3)CC2)cc1)C(=O)Oc1ccc(N2C(=O)C3C4C=CC(CC4)C3C2=O)cc1. The van der Waals surface area contributed by atoms with Gasteiger partial charge in [0.05, 0.1) is 17.5 Å². The Morgan fingerprint density at radius 2 is 1.27 bits per heavy atom. The fourth-order valence-electron chi connectivity index (χ4n) is 9.03. The molecule has 0 N–H and O–H groups in total. The molecule has 5 aliphatic carbocycles. The second-order valence-corrected chi connectivity index (χ2v) is 14.4. The Balaban J connectivity index is 0.931. The molecule has 44 heavy (non-hydrogen) atoms. The van der Waals surface area contributed by atoms with Gasteiger partial charge in [-0.1, -0.05) is 56.2 Å². The maximum Gasteiger partial charge on any atom is 0.339 e. The van der Waals surface area contributed by atoms with Gasteiger partial charge < -0.3 is 4.74 Å². The van der Waals surface area contributed by atoms with Crippen molar-refractivity contribution in [2.45, 2.75) is 84.0 Å². The van der Waals surface area contributed by atoms with Gasteiger partial charge in [-0.05, 0) is 135 Å². The van der Waals surface area contributed by atoms with E-state index in [4.69, 9.17) is 4.74 Å². The van der Waals surface area contributed by atoms with Crippen LogP contribution in [0.15, 0.2) is 66.3 Å². The first-order chi connectivity index (χ1) is 21.4. The van der Waals surface area contributed by atoms with Gasteiger partial charge in [0.1, 0.15) is 5.75 Å². The number of amides is 2. The fraction of sp³-hybridized carbons (Fsp3) is 0.513. The average molecular weight is 592 g/mol. The Hall–Kier alpha value is -3.47. The van der Waals surface area contributed by atoms with Crippen LogP contribution in [-0.2, 0) is 14.4 Å². The van der Waals surface area contributed by atoms with Crippen molar-refractivity contribution in [3.05, 3.63) is 77.4 Å². The number of imide groups is 1. The summed E-state index contributed by atoms with van der Waals surface area (Å²) < 4.78 is 5.64. The van der Waals surface area contributed by atoms with Gasteiger partial charge in [-0.15, -0.1) is 0 Å². The van der Waals surface area contributed by atoms with Crippen molar-refractivity contribution >= 4 is 29.5 Å². The molecule has 1 saturated heterocycles. The number of hydrogen-bond acceptors (Lipinski definition) is 4. The van der Waals surface area contributed by atoms with E-state index in [9.17, 15) is 14.4 Å². The van der Waals surface area contributed by atoms with Crippen LogP contribution < -0.4 is 9.64 Å². The smallest absolute Gasteiger partial charge is 0.339 e. The number of nitrogens with zero attached hydrogens (tertiary/aromatic N) is 1. The van der Waals surface area contributed by atoms with Gasteiger partial charge in [-0.3, -0.25) is 14.5 Å². The normalized spacial score (nSPS) is 33.4. The molecule has 0 spiro atoms. The summed E-state index contributed by atoms with van der Waals surface area (Å²) in [5.41, 5.74) is 3.45. The Morgan fingerprint density at radius 1 is 0.727 bits per heavy atom. The van der Waals surface area contributed by atoms with E-state index < -0.39 is 5.97 Å². The highest BCUT2D eigenvalue weighted by molar-refractivity contribution is 6.22. The number of hydrogen-bond donors (Lipinski definition) is 0. The highest BCUT2D eigenvalue weighted by atomic mass is 16.5. The molecule has 2 aromatic rings. The molecule has 4 unspecified atom stereocenters. The van der Waals surface area contributed by atoms with E-state index in [0.717, 1.165) is 36.2 Å². The van der Waals surface area contributed by atoms with E-state index >= 15 is 0 Å². The summed E-state index contributed by atoms with van der Waals surface area (Å²) in [7, 11) is 0. The summed E-state index contributed by atoms with van der Waals surface area (Å²) in [6.07, 6.45) is 19.1. The van der Waals surface area contributed by atoms with Crippen LogP contribution in [0.3, 0.4) is 0 Å². The van der Waals surface area contributed by atoms with E-state index in [2.05, 4.69) is 43.3 Å². The number of carbonyl (C=O) groups is 3. The molecular formula is C39H45NO4. The number of esters is 1. The van der Waals surface area contributed by atoms with Crippen molar-refractivity contribution in [3.8, 4) is 5.75 Å². The molecule has 1 aliphatic heterocycles. The quantitative estimate of drug-likeness (QED) is 0.111. The van der Waals surface area contributed by atoms with Gasteiger partial charge in [0.15, 0.2) is 0 Å². The Morgan fingerprint density at radius 3 is 1.82 bits per heavy atom. The van der Waals surface area contributed by atoms with E-state index in [1.54, 1.807) is 31.2 Å². The fourth-order valence-corrected chi connectivity index (χ4v) is 9.03. The molecule has 2 bridgehead atoms. The maximum atomic E-state index is 13.2. The number of benzene rings is 2.